The lowest BCUT2D eigenvalue weighted by molar-refractivity contribution is -0.138. The molecule has 1 rings (SSSR count). The van der Waals surface area contributed by atoms with Crippen LogP contribution in [0.15, 0.2) is 35.3 Å². The molecular formula is C31H50N10O9. The van der Waals surface area contributed by atoms with Gasteiger partial charge in [0.05, 0.1) is 0 Å². The fourth-order valence-corrected chi connectivity index (χ4v) is 4.22. The van der Waals surface area contributed by atoms with Gasteiger partial charge in [-0.3, -0.25) is 33.8 Å². The van der Waals surface area contributed by atoms with Gasteiger partial charge in [0.25, 0.3) is 0 Å². The summed E-state index contributed by atoms with van der Waals surface area (Å²) < 4.78 is 5.26. The third-order valence-corrected chi connectivity index (χ3v) is 7.02. The lowest BCUT2D eigenvalue weighted by Gasteiger charge is -2.25. The number of carbonyl (C=O) groups is 7. The van der Waals surface area contributed by atoms with Gasteiger partial charge in [0.2, 0.25) is 29.5 Å². The van der Waals surface area contributed by atoms with Crippen LogP contribution in [-0.4, -0.2) is 103 Å². The number of rotatable bonds is 22. The maximum Gasteiger partial charge on any atom is 0.408 e. The molecule has 19 heteroatoms. The highest BCUT2D eigenvalue weighted by atomic mass is 16.5. The van der Waals surface area contributed by atoms with Gasteiger partial charge < -0.3 is 58.9 Å². The molecule has 0 saturated heterocycles. The highest BCUT2D eigenvalue weighted by Crippen LogP contribution is 2.07. The highest BCUT2D eigenvalue weighted by molar-refractivity contribution is 5.96. The Morgan fingerprint density at radius 2 is 1.24 bits per heavy atom. The molecule has 0 aromatic heterocycles. The number of unbranched alkanes of at least 4 members (excludes halogenated alkanes) is 1. The normalized spacial score (nSPS) is 13.5. The van der Waals surface area contributed by atoms with E-state index in [1.165, 1.54) is 20.8 Å². The average molecular weight is 707 g/mol. The molecule has 50 heavy (non-hydrogen) atoms. The molecule has 0 spiro atoms. The van der Waals surface area contributed by atoms with Gasteiger partial charge in [0, 0.05) is 6.54 Å². The van der Waals surface area contributed by atoms with Crippen LogP contribution >= 0.6 is 0 Å². The van der Waals surface area contributed by atoms with Gasteiger partial charge in [-0.2, -0.15) is 0 Å². The van der Waals surface area contributed by atoms with Crippen molar-refractivity contribution in [2.75, 3.05) is 19.6 Å². The van der Waals surface area contributed by atoms with Crippen LogP contribution in [0, 0.1) is 0 Å². The third-order valence-electron chi connectivity index (χ3n) is 7.02. The second-order valence-corrected chi connectivity index (χ2v) is 11.4. The minimum Gasteiger partial charge on any atom is -0.480 e. The number of carbonyl (C=O) groups excluding carboxylic acids is 6. The van der Waals surface area contributed by atoms with Gasteiger partial charge in [0.15, 0.2) is 5.96 Å². The molecule has 0 radical (unpaired) electrons. The SMILES string of the molecule is C[C@H](NC(=O)[C@H](C)NC(=O)[C@H](C)NC(=O)[C@H](CCCN=C(N)N)NC(=O)[C@H](CCCCN)NC(=O)OCc1ccccc1)C(=O)NCC(=O)O. The van der Waals surface area contributed by atoms with Crippen molar-refractivity contribution in [1.82, 2.24) is 31.9 Å². The van der Waals surface area contributed by atoms with E-state index in [4.69, 9.17) is 27.0 Å². The van der Waals surface area contributed by atoms with E-state index in [1.807, 2.05) is 6.07 Å². The second kappa shape index (κ2) is 23.0. The van der Waals surface area contributed by atoms with Crippen molar-refractivity contribution in [1.29, 1.82) is 0 Å². The number of hydrogen-bond donors (Lipinski definition) is 10. The summed E-state index contributed by atoms with van der Waals surface area (Å²) in [6.45, 7) is 3.88. The summed E-state index contributed by atoms with van der Waals surface area (Å²) in [5.41, 5.74) is 17.1. The summed E-state index contributed by atoms with van der Waals surface area (Å²) in [7, 11) is 0. The van der Waals surface area contributed by atoms with E-state index < -0.39 is 78.4 Å². The Balaban J connectivity index is 2.92. The molecule has 13 N–H and O–H groups in total. The molecule has 0 aliphatic heterocycles. The van der Waals surface area contributed by atoms with Crippen LogP contribution in [0.1, 0.15) is 58.4 Å². The Kier molecular flexibility index (Phi) is 19.6. The summed E-state index contributed by atoms with van der Waals surface area (Å²) in [5.74, 6) is -5.07. The number of aliphatic carboxylic acids is 1. The largest absolute Gasteiger partial charge is 0.480 e. The Morgan fingerprint density at radius 3 is 1.80 bits per heavy atom. The Labute approximate surface area is 290 Å². The fraction of sp³-hybridized carbons (Fsp3) is 0.548. The van der Waals surface area contributed by atoms with E-state index in [-0.39, 0.29) is 38.4 Å². The van der Waals surface area contributed by atoms with E-state index in [2.05, 4.69) is 36.9 Å². The predicted octanol–water partition coefficient (Wildman–Crippen LogP) is -2.34. The predicted molar refractivity (Wildman–Crippen MR) is 182 cm³/mol. The zero-order valence-electron chi connectivity index (χ0n) is 28.5. The second-order valence-electron chi connectivity index (χ2n) is 11.4. The van der Waals surface area contributed by atoms with Gasteiger partial charge in [-0.1, -0.05) is 30.3 Å². The fourth-order valence-electron chi connectivity index (χ4n) is 4.22. The van der Waals surface area contributed by atoms with Crippen molar-refractivity contribution in [2.24, 2.45) is 22.2 Å². The van der Waals surface area contributed by atoms with E-state index >= 15 is 0 Å². The van der Waals surface area contributed by atoms with Crippen molar-refractivity contribution in [2.45, 2.75) is 89.7 Å². The van der Waals surface area contributed by atoms with Gasteiger partial charge in [-0.25, -0.2) is 4.79 Å². The average Bonchev–Trinajstić information content (AvgIpc) is 3.07. The minimum absolute atomic E-state index is 0.0268. The highest BCUT2D eigenvalue weighted by Gasteiger charge is 2.29. The standard InChI is InChI=1S/C31H50N10O9/c1-18(25(44)36-16-24(42)43)37-26(45)19(2)38-27(46)20(3)39-28(47)22(13-9-15-35-30(33)34)40-29(48)23(12-7-8-14-32)41-31(49)50-17-21-10-5-4-6-11-21/h4-6,10-11,18-20,22-23H,7-9,12-17,32H2,1-3H3,(H,36,44)(H,37,45)(H,38,46)(H,39,47)(H,40,48)(H,41,49)(H,42,43)(H4,33,34,35)/t18-,19-,20-,22-,23-/m0/s1. The maximum absolute atomic E-state index is 13.4. The molecule has 278 valence electrons. The van der Waals surface area contributed by atoms with Crippen LogP contribution in [0.5, 0.6) is 0 Å². The molecule has 1 aromatic rings. The van der Waals surface area contributed by atoms with Gasteiger partial charge in [0.1, 0.15) is 43.4 Å². The monoisotopic (exact) mass is 706 g/mol. The molecular weight excluding hydrogens is 656 g/mol. The van der Waals surface area contributed by atoms with Crippen molar-refractivity contribution < 1.29 is 43.4 Å². The van der Waals surface area contributed by atoms with E-state index in [0.29, 0.717) is 19.4 Å². The first-order valence-electron chi connectivity index (χ1n) is 16.1. The molecule has 0 bridgehead atoms. The first-order valence-corrected chi connectivity index (χ1v) is 16.1. The zero-order valence-corrected chi connectivity index (χ0v) is 28.5. The zero-order chi connectivity index (χ0) is 37.6. The molecule has 0 unspecified atom stereocenters. The smallest absolute Gasteiger partial charge is 0.408 e. The molecule has 5 atom stereocenters. The number of nitrogens with zero attached hydrogens (tertiary/aromatic N) is 1. The summed E-state index contributed by atoms with van der Waals surface area (Å²) in [6, 6.07) is 3.26. The molecule has 0 fully saturated rings. The summed E-state index contributed by atoms with van der Waals surface area (Å²) >= 11 is 0. The van der Waals surface area contributed by atoms with Crippen LogP contribution < -0.4 is 49.1 Å². The lowest BCUT2D eigenvalue weighted by Crippen LogP contribution is -2.58. The molecule has 0 saturated carbocycles. The topological polar surface area (TPSA) is 312 Å². The van der Waals surface area contributed by atoms with Crippen LogP contribution in [0.25, 0.3) is 0 Å². The van der Waals surface area contributed by atoms with Crippen LogP contribution in [0.3, 0.4) is 0 Å². The number of aliphatic imine (C=N–C) groups is 1. The Bertz CT molecular complexity index is 1320. The number of hydrogen-bond acceptors (Lipinski definition) is 10. The Hall–Kier alpha value is -5.46. The van der Waals surface area contributed by atoms with Gasteiger partial charge in [-0.15, -0.1) is 0 Å². The maximum atomic E-state index is 13.4. The van der Waals surface area contributed by atoms with Crippen molar-refractivity contribution in [3.8, 4) is 0 Å². The number of alkyl carbamates (subject to hydrolysis) is 1. The number of benzene rings is 1. The number of carboxylic acids is 1. The summed E-state index contributed by atoms with van der Waals surface area (Å²) in [4.78, 5) is 91.2. The van der Waals surface area contributed by atoms with Crippen LogP contribution in [-0.2, 0) is 40.1 Å². The minimum atomic E-state index is -1.26. The number of carboxylic acid groups (broad SMARTS) is 1. The third kappa shape index (κ3) is 17.6. The first kappa shape index (κ1) is 42.6. The number of nitrogens with one attached hydrogen (secondary N) is 6. The molecule has 0 aliphatic rings. The number of ether oxygens (including phenoxy) is 1. The summed E-state index contributed by atoms with van der Waals surface area (Å²) in [6.07, 6.45) is 0.740. The van der Waals surface area contributed by atoms with Gasteiger partial charge >= 0.3 is 12.1 Å². The summed E-state index contributed by atoms with van der Waals surface area (Å²) in [5, 5.41) is 23.3. The number of nitrogens with two attached hydrogens (primary N) is 3. The van der Waals surface area contributed by atoms with Crippen molar-refractivity contribution >= 4 is 47.6 Å². The van der Waals surface area contributed by atoms with E-state index in [0.717, 1.165) is 5.56 Å². The van der Waals surface area contributed by atoms with E-state index in [1.54, 1.807) is 24.3 Å². The molecule has 19 nitrogen and oxygen atoms in total. The van der Waals surface area contributed by atoms with Crippen molar-refractivity contribution in [3.63, 3.8) is 0 Å². The molecule has 0 heterocycles. The number of guanidine groups is 1. The van der Waals surface area contributed by atoms with Crippen LogP contribution in [0.2, 0.25) is 0 Å². The van der Waals surface area contributed by atoms with Crippen LogP contribution in [0.4, 0.5) is 4.79 Å². The molecule has 0 aliphatic carbocycles. The van der Waals surface area contributed by atoms with Gasteiger partial charge in [-0.05, 0) is 65.0 Å². The quantitative estimate of drug-likeness (QED) is 0.0345. The van der Waals surface area contributed by atoms with Crippen molar-refractivity contribution in [3.05, 3.63) is 35.9 Å². The van der Waals surface area contributed by atoms with E-state index in [9.17, 15) is 33.6 Å². The number of amides is 6. The lowest BCUT2D eigenvalue weighted by atomic mass is 10.1. The molecule has 1 aromatic carbocycles. The Morgan fingerprint density at radius 1 is 0.720 bits per heavy atom. The molecule has 6 amide bonds. The first-order chi connectivity index (χ1) is 23.6.